The summed E-state index contributed by atoms with van der Waals surface area (Å²) in [6.07, 6.45) is 0.810. The molecule has 0 spiro atoms. The summed E-state index contributed by atoms with van der Waals surface area (Å²) in [6, 6.07) is 15.4. The predicted octanol–water partition coefficient (Wildman–Crippen LogP) is 4.59. The number of benzene rings is 2. The number of hydrogen-bond donors (Lipinski definition) is 1. The molecule has 0 fully saturated rings. The second-order valence-corrected chi connectivity index (χ2v) is 6.70. The van der Waals surface area contributed by atoms with Crippen molar-refractivity contribution in [1.29, 1.82) is 0 Å². The molecule has 5 heteroatoms. The van der Waals surface area contributed by atoms with Crippen LogP contribution in [0.25, 0.3) is 0 Å². The van der Waals surface area contributed by atoms with E-state index in [0.717, 1.165) is 22.2 Å². The first-order valence-corrected chi connectivity index (χ1v) is 8.88. The molecule has 1 N–H and O–H groups in total. The monoisotopic (exact) mass is 353 g/mol. The molecular formula is C17H17Cl2NOS. The Bertz CT molecular complexity index is 546. The molecule has 0 aliphatic rings. The van der Waals surface area contributed by atoms with Crippen LogP contribution in [-0.4, -0.2) is 18.2 Å². The van der Waals surface area contributed by atoms with E-state index < -0.39 is 0 Å². The third kappa shape index (κ3) is 6.30. The topological polar surface area (TPSA) is 29.1 Å². The van der Waals surface area contributed by atoms with Crippen LogP contribution in [0.3, 0.4) is 0 Å². The van der Waals surface area contributed by atoms with Gasteiger partial charge in [0.15, 0.2) is 0 Å². The first-order valence-electron chi connectivity index (χ1n) is 6.97. The van der Waals surface area contributed by atoms with Gasteiger partial charge in [-0.2, -0.15) is 0 Å². The van der Waals surface area contributed by atoms with Crippen molar-refractivity contribution in [2.24, 2.45) is 0 Å². The van der Waals surface area contributed by atoms with Gasteiger partial charge in [-0.3, -0.25) is 4.79 Å². The van der Waals surface area contributed by atoms with Gasteiger partial charge in [0, 0.05) is 22.3 Å². The third-order valence-electron chi connectivity index (χ3n) is 3.06. The number of carbonyl (C=O) groups is 1. The van der Waals surface area contributed by atoms with Crippen molar-refractivity contribution in [1.82, 2.24) is 5.32 Å². The Balaban J connectivity index is 1.61. The molecule has 0 aromatic heterocycles. The highest BCUT2D eigenvalue weighted by Gasteiger charge is 2.02. The molecule has 1 amide bonds. The highest BCUT2D eigenvalue weighted by Crippen LogP contribution is 2.15. The zero-order chi connectivity index (χ0) is 15.8. The van der Waals surface area contributed by atoms with Crippen LogP contribution < -0.4 is 5.32 Å². The average Bonchev–Trinajstić information content (AvgIpc) is 2.51. The summed E-state index contributed by atoms with van der Waals surface area (Å²) >= 11 is 13.3. The molecule has 0 unspecified atom stereocenters. The Kier molecular flexibility index (Phi) is 7.10. The number of nitrogens with one attached hydrogen (secondary N) is 1. The van der Waals surface area contributed by atoms with Gasteiger partial charge in [-0.25, -0.2) is 0 Å². The molecule has 22 heavy (non-hydrogen) atoms. The lowest BCUT2D eigenvalue weighted by Gasteiger charge is -2.06. The summed E-state index contributed by atoms with van der Waals surface area (Å²) in [7, 11) is 0. The maximum absolute atomic E-state index is 11.8. The normalized spacial score (nSPS) is 10.5. The van der Waals surface area contributed by atoms with Gasteiger partial charge in [0.2, 0.25) is 5.91 Å². The van der Waals surface area contributed by atoms with Gasteiger partial charge < -0.3 is 5.32 Å². The van der Waals surface area contributed by atoms with Crippen molar-refractivity contribution in [2.45, 2.75) is 12.2 Å². The van der Waals surface area contributed by atoms with Gasteiger partial charge >= 0.3 is 0 Å². The quantitative estimate of drug-likeness (QED) is 0.788. The van der Waals surface area contributed by atoms with E-state index >= 15 is 0 Å². The van der Waals surface area contributed by atoms with E-state index in [0.29, 0.717) is 12.3 Å². The average molecular weight is 354 g/mol. The molecule has 2 nitrogen and oxygen atoms in total. The minimum Gasteiger partial charge on any atom is -0.355 e. The van der Waals surface area contributed by atoms with Gasteiger partial charge in [-0.15, -0.1) is 11.8 Å². The lowest BCUT2D eigenvalue weighted by Crippen LogP contribution is -2.27. The maximum Gasteiger partial charge on any atom is 0.230 e. The summed E-state index contributed by atoms with van der Waals surface area (Å²) in [6.45, 7) is 0.641. The van der Waals surface area contributed by atoms with Crippen LogP contribution in [0.4, 0.5) is 0 Å². The summed E-state index contributed by atoms with van der Waals surface area (Å²) in [4.78, 5) is 11.8. The number of halogens is 2. The summed E-state index contributed by atoms with van der Waals surface area (Å²) < 4.78 is 0. The Morgan fingerprint density at radius 3 is 2.05 bits per heavy atom. The van der Waals surface area contributed by atoms with Crippen LogP contribution in [0.5, 0.6) is 0 Å². The largest absolute Gasteiger partial charge is 0.355 e. The molecule has 0 atom stereocenters. The standard InChI is InChI=1S/C17H17Cl2NOS/c18-15-5-1-13(2-6-15)9-10-20-17(21)12-22-11-14-3-7-16(19)8-4-14/h1-8H,9-12H2,(H,20,21). The third-order valence-corrected chi connectivity index (χ3v) is 4.57. The number of hydrogen-bond acceptors (Lipinski definition) is 2. The molecule has 2 aromatic carbocycles. The minimum absolute atomic E-state index is 0.0629. The number of amides is 1. The lowest BCUT2D eigenvalue weighted by molar-refractivity contribution is -0.118. The highest BCUT2D eigenvalue weighted by atomic mass is 35.5. The lowest BCUT2D eigenvalue weighted by atomic mass is 10.1. The fraction of sp³-hybridized carbons (Fsp3) is 0.235. The van der Waals surface area contributed by atoms with E-state index in [9.17, 15) is 4.79 Å². The van der Waals surface area contributed by atoms with Crippen molar-refractivity contribution in [3.63, 3.8) is 0 Å². The zero-order valence-electron chi connectivity index (χ0n) is 12.0. The van der Waals surface area contributed by atoms with Crippen molar-refractivity contribution in [3.8, 4) is 0 Å². The van der Waals surface area contributed by atoms with Crippen molar-refractivity contribution in [3.05, 3.63) is 69.7 Å². The van der Waals surface area contributed by atoms with Gasteiger partial charge in [-0.1, -0.05) is 47.5 Å². The number of thioether (sulfide) groups is 1. The van der Waals surface area contributed by atoms with E-state index in [1.54, 1.807) is 11.8 Å². The van der Waals surface area contributed by atoms with Crippen LogP contribution in [0.15, 0.2) is 48.5 Å². The summed E-state index contributed by atoms with van der Waals surface area (Å²) in [5.74, 6) is 1.33. The van der Waals surface area contributed by atoms with Crippen LogP contribution >= 0.6 is 35.0 Å². The molecule has 0 aliphatic carbocycles. The molecule has 0 radical (unpaired) electrons. The number of rotatable bonds is 7. The van der Waals surface area contributed by atoms with Crippen molar-refractivity contribution >= 4 is 40.9 Å². The Labute approximate surface area is 145 Å². The maximum atomic E-state index is 11.8. The molecule has 116 valence electrons. The van der Waals surface area contributed by atoms with E-state index in [1.807, 2.05) is 48.5 Å². The Morgan fingerprint density at radius 1 is 0.909 bits per heavy atom. The first-order chi connectivity index (χ1) is 10.6. The molecular weight excluding hydrogens is 337 g/mol. The van der Waals surface area contributed by atoms with Gasteiger partial charge in [0.1, 0.15) is 0 Å². The molecule has 2 aromatic rings. The molecule has 2 rings (SSSR count). The second-order valence-electron chi connectivity index (χ2n) is 4.85. The van der Waals surface area contributed by atoms with Gasteiger partial charge in [-0.05, 0) is 41.8 Å². The predicted molar refractivity (Wildman–Crippen MR) is 95.8 cm³/mol. The smallest absolute Gasteiger partial charge is 0.230 e. The molecule has 0 heterocycles. The van der Waals surface area contributed by atoms with Gasteiger partial charge in [0.25, 0.3) is 0 Å². The highest BCUT2D eigenvalue weighted by molar-refractivity contribution is 7.99. The van der Waals surface area contributed by atoms with E-state index in [-0.39, 0.29) is 5.91 Å². The fourth-order valence-electron chi connectivity index (χ4n) is 1.89. The van der Waals surface area contributed by atoms with Crippen LogP contribution in [0, 0.1) is 0 Å². The van der Waals surface area contributed by atoms with Crippen LogP contribution in [0.1, 0.15) is 11.1 Å². The molecule has 0 aliphatic heterocycles. The summed E-state index contributed by atoms with van der Waals surface area (Å²) in [5, 5.41) is 4.39. The second kappa shape index (κ2) is 9.09. The van der Waals surface area contributed by atoms with Gasteiger partial charge in [0.05, 0.1) is 5.75 Å². The Morgan fingerprint density at radius 2 is 1.45 bits per heavy atom. The SMILES string of the molecule is O=C(CSCc1ccc(Cl)cc1)NCCc1ccc(Cl)cc1. The van der Waals surface area contributed by atoms with Crippen LogP contribution in [-0.2, 0) is 17.0 Å². The number of carbonyl (C=O) groups excluding carboxylic acids is 1. The first kappa shape index (κ1) is 17.2. The molecule has 0 bridgehead atoms. The fourth-order valence-corrected chi connectivity index (χ4v) is 2.96. The van der Waals surface area contributed by atoms with E-state index in [2.05, 4.69) is 5.32 Å². The zero-order valence-corrected chi connectivity index (χ0v) is 14.3. The Hall–Kier alpha value is -1.16. The molecule has 0 saturated heterocycles. The van der Waals surface area contributed by atoms with E-state index in [1.165, 1.54) is 11.1 Å². The van der Waals surface area contributed by atoms with E-state index in [4.69, 9.17) is 23.2 Å². The summed E-state index contributed by atoms with van der Waals surface area (Å²) in [5.41, 5.74) is 2.34. The van der Waals surface area contributed by atoms with Crippen LogP contribution in [0.2, 0.25) is 10.0 Å². The minimum atomic E-state index is 0.0629. The molecule has 0 saturated carbocycles. The van der Waals surface area contributed by atoms with Crippen molar-refractivity contribution < 1.29 is 4.79 Å². The van der Waals surface area contributed by atoms with Crippen molar-refractivity contribution in [2.75, 3.05) is 12.3 Å².